The molecule has 3 N–H and O–H groups in total. The summed E-state index contributed by atoms with van der Waals surface area (Å²) in [6.45, 7) is 5.44. The molecule has 0 aromatic carbocycles. The topological polar surface area (TPSA) is 100 Å². The minimum Gasteiger partial charge on any atom is -0.476 e. The molecule has 7 heteroatoms. The van der Waals surface area contributed by atoms with Crippen molar-refractivity contribution in [3.63, 3.8) is 0 Å². The molecule has 0 spiro atoms. The number of rotatable bonds is 8. The van der Waals surface area contributed by atoms with Crippen molar-refractivity contribution in [3.05, 3.63) is 11.9 Å². The molecular weight excluding hydrogens is 236 g/mol. The molecule has 1 heterocycles. The molecule has 0 saturated carbocycles. The van der Waals surface area contributed by atoms with Crippen molar-refractivity contribution in [1.29, 1.82) is 0 Å². The van der Waals surface area contributed by atoms with Gasteiger partial charge in [0, 0.05) is 13.1 Å². The summed E-state index contributed by atoms with van der Waals surface area (Å²) < 4.78 is 1.46. The Balaban J connectivity index is 2.27. The van der Waals surface area contributed by atoms with E-state index in [1.165, 1.54) is 10.9 Å². The quantitative estimate of drug-likeness (QED) is 0.571. The van der Waals surface area contributed by atoms with Crippen LogP contribution in [-0.2, 0) is 6.54 Å². The zero-order valence-electron chi connectivity index (χ0n) is 10.8. The Kier molecular flexibility index (Phi) is 5.24. The number of carbonyl (C=O) groups is 1. The van der Waals surface area contributed by atoms with Crippen molar-refractivity contribution in [2.24, 2.45) is 0 Å². The molecule has 1 unspecified atom stereocenters. The molecule has 0 amide bonds. The Labute approximate surface area is 106 Å². The van der Waals surface area contributed by atoms with Gasteiger partial charge in [-0.2, -0.15) is 0 Å². The minimum absolute atomic E-state index is 0.0621. The van der Waals surface area contributed by atoms with E-state index in [9.17, 15) is 9.90 Å². The molecule has 0 radical (unpaired) electrons. The number of nitrogens with zero attached hydrogens (tertiary/aromatic N) is 3. The molecule has 1 atom stereocenters. The highest BCUT2D eigenvalue weighted by atomic mass is 16.4. The standard InChI is InChI=1S/C11H20N4O3/c1-3-4-11(2,18)8-12-5-6-15-7-9(10(16)17)13-14-15/h7,12,18H,3-6,8H2,1-2H3,(H,16,17). The monoisotopic (exact) mass is 256 g/mol. The predicted octanol–water partition coefficient (Wildman–Crippen LogP) is 0.117. The van der Waals surface area contributed by atoms with Gasteiger partial charge in [0.25, 0.3) is 0 Å². The normalized spacial score (nSPS) is 14.4. The summed E-state index contributed by atoms with van der Waals surface area (Å²) in [5, 5.41) is 28.9. The van der Waals surface area contributed by atoms with Crippen LogP contribution in [0.2, 0.25) is 0 Å². The molecule has 0 fully saturated rings. The number of hydrogen-bond acceptors (Lipinski definition) is 5. The molecule has 0 saturated heterocycles. The first-order valence-corrected chi connectivity index (χ1v) is 6.01. The van der Waals surface area contributed by atoms with Crippen molar-refractivity contribution in [2.45, 2.75) is 38.8 Å². The smallest absolute Gasteiger partial charge is 0.358 e. The minimum atomic E-state index is -1.08. The van der Waals surface area contributed by atoms with Gasteiger partial charge in [-0.05, 0) is 13.3 Å². The second-order valence-corrected chi connectivity index (χ2v) is 4.60. The van der Waals surface area contributed by atoms with Crippen LogP contribution >= 0.6 is 0 Å². The van der Waals surface area contributed by atoms with Gasteiger partial charge in [-0.1, -0.05) is 18.6 Å². The van der Waals surface area contributed by atoms with Gasteiger partial charge < -0.3 is 15.5 Å². The lowest BCUT2D eigenvalue weighted by Gasteiger charge is -2.22. The SMILES string of the molecule is CCCC(C)(O)CNCCn1cc(C(=O)O)nn1. The van der Waals surface area contributed by atoms with Crippen LogP contribution in [0.25, 0.3) is 0 Å². The van der Waals surface area contributed by atoms with Gasteiger partial charge in [0.15, 0.2) is 5.69 Å². The lowest BCUT2D eigenvalue weighted by Crippen LogP contribution is -2.38. The van der Waals surface area contributed by atoms with Gasteiger partial charge in [0.2, 0.25) is 0 Å². The molecule has 102 valence electrons. The van der Waals surface area contributed by atoms with Crippen molar-refractivity contribution in [1.82, 2.24) is 20.3 Å². The summed E-state index contributed by atoms with van der Waals surface area (Å²) in [5.74, 6) is -1.08. The van der Waals surface area contributed by atoms with Gasteiger partial charge in [-0.15, -0.1) is 5.10 Å². The fourth-order valence-corrected chi connectivity index (χ4v) is 1.68. The van der Waals surface area contributed by atoms with Gasteiger partial charge >= 0.3 is 5.97 Å². The lowest BCUT2D eigenvalue weighted by molar-refractivity contribution is 0.0500. The maximum Gasteiger partial charge on any atom is 0.358 e. The highest BCUT2D eigenvalue weighted by Gasteiger charge is 2.17. The molecule has 0 aliphatic heterocycles. The summed E-state index contributed by atoms with van der Waals surface area (Å²) in [6.07, 6.45) is 3.06. The van der Waals surface area contributed by atoms with E-state index >= 15 is 0 Å². The predicted molar refractivity (Wildman–Crippen MR) is 65.4 cm³/mol. The van der Waals surface area contributed by atoms with Crippen LogP contribution in [0.5, 0.6) is 0 Å². The molecule has 1 rings (SSSR count). The second kappa shape index (κ2) is 6.46. The number of hydrogen-bond donors (Lipinski definition) is 3. The van der Waals surface area contributed by atoms with Crippen LogP contribution in [0.15, 0.2) is 6.20 Å². The highest BCUT2D eigenvalue weighted by molar-refractivity contribution is 5.84. The zero-order chi connectivity index (χ0) is 13.6. The molecule has 0 aliphatic rings. The fraction of sp³-hybridized carbons (Fsp3) is 0.727. The van der Waals surface area contributed by atoms with Gasteiger partial charge in [0.05, 0.1) is 18.3 Å². The summed E-state index contributed by atoms with van der Waals surface area (Å²) in [5.41, 5.74) is -0.767. The average Bonchev–Trinajstić information content (AvgIpc) is 2.73. The van der Waals surface area contributed by atoms with E-state index < -0.39 is 11.6 Å². The van der Waals surface area contributed by atoms with Crippen molar-refractivity contribution >= 4 is 5.97 Å². The molecule has 7 nitrogen and oxygen atoms in total. The largest absolute Gasteiger partial charge is 0.476 e. The van der Waals surface area contributed by atoms with Crippen LogP contribution < -0.4 is 5.32 Å². The summed E-state index contributed by atoms with van der Waals surface area (Å²) in [6, 6.07) is 0. The van der Waals surface area contributed by atoms with Gasteiger partial charge in [-0.25, -0.2) is 4.79 Å². The Bertz CT molecular complexity index is 389. The van der Waals surface area contributed by atoms with E-state index in [0.717, 1.165) is 12.8 Å². The van der Waals surface area contributed by atoms with E-state index in [2.05, 4.69) is 15.6 Å². The van der Waals surface area contributed by atoms with Gasteiger partial charge in [-0.3, -0.25) is 4.68 Å². The number of nitrogens with one attached hydrogen (secondary N) is 1. The summed E-state index contributed by atoms with van der Waals surface area (Å²) in [4.78, 5) is 10.6. The van der Waals surface area contributed by atoms with Crippen molar-refractivity contribution < 1.29 is 15.0 Å². The molecule has 1 aromatic rings. The van der Waals surface area contributed by atoms with E-state index in [-0.39, 0.29) is 5.69 Å². The van der Waals surface area contributed by atoms with Crippen LogP contribution in [0.3, 0.4) is 0 Å². The first-order valence-electron chi connectivity index (χ1n) is 6.01. The molecule has 0 aliphatic carbocycles. The third kappa shape index (κ3) is 4.80. The Hall–Kier alpha value is -1.47. The number of carboxylic acid groups (broad SMARTS) is 1. The van der Waals surface area contributed by atoms with Crippen LogP contribution in [0, 0.1) is 0 Å². The molecule has 18 heavy (non-hydrogen) atoms. The first-order chi connectivity index (χ1) is 8.44. The average molecular weight is 256 g/mol. The second-order valence-electron chi connectivity index (χ2n) is 4.60. The van der Waals surface area contributed by atoms with E-state index in [1.54, 1.807) is 6.92 Å². The molecular formula is C11H20N4O3. The first kappa shape index (κ1) is 14.6. The third-order valence-electron chi connectivity index (χ3n) is 2.57. The third-order valence-corrected chi connectivity index (χ3v) is 2.57. The van der Waals surface area contributed by atoms with Crippen molar-refractivity contribution in [2.75, 3.05) is 13.1 Å². The Morgan fingerprint density at radius 2 is 2.33 bits per heavy atom. The highest BCUT2D eigenvalue weighted by Crippen LogP contribution is 2.09. The maximum atomic E-state index is 10.6. The van der Waals surface area contributed by atoms with E-state index in [4.69, 9.17) is 5.11 Å². The zero-order valence-corrected chi connectivity index (χ0v) is 10.8. The number of aliphatic hydroxyl groups is 1. The summed E-state index contributed by atoms with van der Waals surface area (Å²) in [7, 11) is 0. The maximum absolute atomic E-state index is 10.6. The molecule has 0 bridgehead atoms. The van der Waals surface area contributed by atoms with Crippen LogP contribution in [-0.4, -0.2) is 49.9 Å². The molecule has 1 aromatic heterocycles. The van der Waals surface area contributed by atoms with E-state index in [0.29, 0.717) is 19.6 Å². The van der Waals surface area contributed by atoms with Crippen LogP contribution in [0.1, 0.15) is 37.2 Å². The van der Waals surface area contributed by atoms with E-state index in [1.807, 2.05) is 6.92 Å². The van der Waals surface area contributed by atoms with Gasteiger partial charge in [0.1, 0.15) is 0 Å². The number of aromatic carboxylic acids is 1. The fourth-order valence-electron chi connectivity index (χ4n) is 1.68. The summed E-state index contributed by atoms with van der Waals surface area (Å²) >= 11 is 0. The number of aromatic nitrogens is 3. The van der Waals surface area contributed by atoms with Crippen LogP contribution in [0.4, 0.5) is 0 Å². The Morgan fingerprint density at radius 3 is 2.89 bits per heavy atom. The Morgan fingerprint density at radius 1 is 1.61 bits per heavy atom. The lowest BCUT2D eigenvalue weighted by atomic mass is 10.0. The van der Waals surface area contributed by atoms with Crippen molar-refractivity contribution in [3.8, 4) is 0 Å². The number of carboxylic acids is 1.